The van der Waals surface area contributed by atoms with Gasteiger partial charge in [0, 0.05) is 34.0 Å². The molecule has 3 aromatic carbocycles. The van der Waals surface area contributed by atoms with Crippen molar-refractivity contribution in [1.82, 2.24) is 4.57 Å². The number of nitrogens with one attached hydrogen (secondary N) is 1. The maximum Gasteiger partial charge on any atom is 0.262 e. The summed E-state index contributed by atoms with van der Waals surface area (Å²) in [5, 5.41) is 5.30. The van der Waals surface area contributed by atoms with Gasteiger partial charge >= 0.3 is 0 Å². The molecular formula is C24H24N2O2. The van der Waals surface area contributed by atoms with Crippen LogP contribution < -0.4 is 10.1 Å². The van der Waals surface area contributed by atoms with Gasteiger partial charge < -0.3 is 14.6 Å². The fourth-order valence-corrected chi connectivity index (χ4v) is 3.69. The Hall–Kier alpha value is -3.27. The van der Waals surface area contributed by atoms with Crippen LogP contribution in [-0.4, -0.2) is 17.1 Å². The molecule has 0 spiro atoms. The summed E-state index contributed by atoms with van der Waals surface area (Å²) in [5.41, 5.74) is 5.37. The number of nitrogens with zero attached hydrogens (tertiary/aromatic N) is 1. The molecule has 1 heterocycles. The Morgan fingerprint density at radius 1 is 0.964 bits per heavy atom. The zero-order chi connectivity index (χ0) is 19.7. The number of aromatic nitrogens is 1. The Bertz CT molecular complexity index is 1170. The highest BCUT2D eigenvalue weighted by Crippen LogP contribution is 2.31. The Labute approximate surface area is 164 Å². The van der Waals surface area contributed by atoms with Crippen molar-refractivity contribution in [3.8, 4) is 5.75 Å². The average molecular weight is 372 g/mol. The van der Waals surface area contributed by atoms with Crippen LogP contribution in [0.2, 0.25) is 0 Å². The fraction of sp³-hybridized carbons (Fsp3) is 0.208. The third kappa shape index (κ3) is 3.22. The van der Waals surface area contributed by atoms with Gasteiger partial charge in [0.2, 0.25) is 0 Å². The van der Waals surface area contributed by atoms with Gasteiger partial charge in [-0.1, -0.05) is 30.3 Å². The molecule has 28 heavy (non-hydrogen) atoms. The molecule has 4 aromatic rings. The lowest BCUT2D eigenvalue weighted by Gasteiger charge is -2.11. The van der Waals surface area contributed by atoms with E-state index in [1.165, 1.54) is 16.4 Å². The Morgan fingerprint density at radius 2 is 1.75 bits per heavy atom. The highest BCUT2D eigenvalue weighted by Gasteiger charge is 2.11. The molecule has 1 N–H and O–H groups in total. The summed E-state index contributed by atoms with van der Waals surface area (Å²) in [5.74, 6) is 0.580. The Morgan fingerprint density at radius 3 is 2.57 bits per heavy atom. The highest BCUT2D eigenvalue weighted by molar-refractivity contribution is 6.09. The van der Waals surface area contributed by atoms with Crippen LogP contribution in [0.3, 0.4) is 0 Å². The van der Waals surface area contributed by atoms with E-state index in [4.69, 9.17) is 4.74 Å². The van der Waals surface area contributed by atoms with Gasteiger partial charge in [-0.2, -0.15) is 0 Å². The van der Waals surface area contributed by atoms with E-state index in [0.717, 1.165) is 34.5 Å². The number of amides is 1. The van der Waals surface area contributed by atoms with Crippen LogP contribution in [0, 0.1) is 13.8 Å². The minimum atomic E-state index is -0.167. The van der Waals surface area contributed by atoms with E-state index in [9.17, 15) is 4.79 Å². The normalized spacial score (nSPS) is 11.1. The SMILES string of the molecule is CCn1c2ccccc2c2cc(NC(=O)COc3cccc(C)c3C)ccc21. The maximum absolute atomic E-state index is 12.4. The van der Waals surface area contributed by atoms with E-state index in [1.54, 1.807) is 0 Å². The molecule has 142 valence electrons. The number of rotatable bonds is 5. The molecule has 4 rings (SSSR count). The molecule has 4 nitrogen and oxygen atoms in total. The molecule has 0 aliphatic rings. The first-order valence-electron chi connectivity index (χ1n) is 9.58. The van der Waals surface area contributed by atoms with Gasteiger partial charge in [-0.15, -0.1) is 0 Å². The molecule has 0 aliphatic carbocycles. The summed E-state index contributed by atoms with van der Waals surface area (Å²) in [6.07, 6.45) is 0. The number of aryl methyl sites for hydroxylation is 2. The zero-order valence-electron chi connectivity index (χ0n) is 16.5. The summed E-state index contributed by atoms with van der Waals surface area (Å²) in [6, 6.07) is 20.3. The second-order valence-corrected chi connectivity index (χ2v) is 7.03. The first-order chi connectivity index (χ1) is 13.6. The summed E-state index contributed by atoms with van der Waals surface area (Å²) in [6.45, 7) is 7.06. The van der Waals surface area contributed by atoms with Gasteiger partial charge in [-0.25, -0.2) is 0 Å². The van der Waals surface area contributed by atoms with Crippen molar-refractivity contribution >= 4 is 33.4 Å². The van der Waals surface area contributed by atoms with E-state index in [2.05, 4.69) is 41.1 Å². The topological polar surface area (TPSA) is 43.3 Å². The van der Waals surface area contributed by atoms with Gasteiger partial charge in [-0.3, -0.25) is 4.79 Å². The molecule has 0 unspecified atom stereocenters. The van der Waals surface area contributed by atoms with Crippen molar-refractivity contribution in [3.05, 3.63) is 71.8 Å². The summed E-state index contributed by atoms with van der Waals surface area (Å²) >= 11 is 0. The van der Waals surface area contributed by atoms with Crippen LogP contribution in [-0.2, 0) is 11.3 Å². The standard InChI is InChI=1S/C24H24N2O2/c1-4-26-21-10-6-5-9-19(21)20-14-18(12-13-22(20)26)25-24(27)15-28-23-11-7-8-16(2)17(23)3/h5-14H,4,15H2,1-3H3,(H,25,27). The number of hydrogen-bond donors (Lipinski definition) is 1. The van der Waals surface area contributed by atoms with E-state index in [-0.39, 0.29) is 12.5 Å². The molecule has 0 aliphatic heterocycles. The lowest BCUT2D eigenvalue weighted by atomic mass is 10.1. The second kappa shape index (κ2) is 7.39. The highest BCUT2D eigenvalue weighted by atomic mass is 16.5. The van der Waals surface area contributed by atoms with Crippen molar-refractivity contribution in [1.29, 1.82) is 0 Å². The predicted molar refractivity (Wildman–Crippen MR) is 115 cm³/mol. The van der Waals surface area contributed by atoms with Crippen LogP contribution in [0.4, 0.5) is 5.69 Å². The lowest BCUT2D eigenvalue weighted by molar-refractivity contribution is -0.118. The van der Waals surface area contributed by atoms with Crippen LogP contribution in [0.15, 0.2) is 60.7 Å². The van der Waals surface area contributed by atoms with E-state index in [0.29, 0.717) is 0 Å². The molecule has 1 amide bonds. The minimum Gasteiger partial charge on any atom is -0.483 e. The van der Waals surface area contributed by atoms with Crippen molar-refractivity contribution in [2.45, 2.75) is 27.3 Å². The molecule has 0 fully saturated rings. The van der Waals surface area contributed by atoms with Gasteiger partial charge in [-0.05, 0) is 62.2 Å². The van der Waals surface area contributed by atoms with Gasteiger partial charge in [0.25, 0.3) is 5.91 Å². The molecule has 0 radical (unpaired) electrons. The third-order valence-electron chi connectivity index (χ3n) is 5.29. The van der Waals surface area contributed by atoms with Gasteiger partial charge in [0.1, 0.15) is 5.75 Å². The number of carbonyl (C=O) groups is 1. The number of carbonyl (C=O) groups excluding carboxylic acids is 1. The van der Waals surface area contributed by atoms with Crippen molar-refractivity contribution < 1.29 is 9.53 Å². The summed E-state index contributed by atoms with van der Waals surface area (Å²) in [4.78, 5) is 12.4. The number of para-hydroxylation sites is 1. The largest absolute Gasteiger partial charge is 0.483 e. The van der Waals surface area contributed by atoms with E-state index in [1.807, 2.05) is 50.2 Å². The first kappa shape index (κ1) is 18.1. The molecular weight excluding hydrogens is 348 g/mol. The lowest BCUT2D eigenvalue weighted by Crippen LogP contribution is -2.20. The number of fused-ring (bicyclic) bond motifs is 3. The third-order valence-corrected chi connectivity index (χ3v) is 5.29. The van der Waals surface area contributed by atoms with Crippen molar-refractivity contribution in [2.24, 2.45) is 0 Å². The predicted octanol–water partition coefficient (Wildman–Crippen LogP) is 5.45. The maximum atomic E-state index is 12.4. The molecule has 0 saturated carbocycles. The number of hydrogen-bond acceptors (Lipinski definition) is 2. The number of ether oxygens (including phenoxy) is 1. The van der Waals surface area contributed by atoms with E-state index >= 15 is 0 Å². The Kier molecular flexibility index (Phi) is 4.78. The minimum absolute atomic E-state index is 0.0148. The average Bonchev–Trinajstić information content (AvgIpc) is 3.02. The summed E-state index contributed by atoms with van der Waals surface area (Å²) < 4.78 is 8.01. The van der Waals surface area contributed by atoms with Crippen LogP contribution >= 0.6 is 0 Å². The number of benzene rings is 3. The molecule has 0 atom stereocenters. The molecule has 4 heteroatoms. The zero-order valence-corrected chi connectivity index (χ0v) is 16.5. The second-order valence-electron chi connectivity index (χ2n) is 7.03. The van der Waals surface area contributed by atoms with E-state index < -0.39 is 0 Å². The molecule has 0 bridgehead atoms. The smallest absolute Gasteiger partial charge is 0.262 e. The fourth-order valence-electron chi connectivity index (χ4n) is 3.69. The van der Waals surface area contributed by atoms with Crippen LogP contribution in [0.1, 0.15) is 18.1 Å². The molecule has 1 aromatic heterocycles. The van der Waals surface area contributed by atoms with Crippen molar-refractivity contribution in [2.75, 3.05) is 11.9 Å². The number of anilines is 1. The first-order valence-corrected chi connectivity index (χ1v) is 9.58. The quantitative estimate of drug-likeness (QED) is 0.506. The van der Waals surface area contributed by atoms with Crippen LogP contribution in [0.25, 0.3) is 21.8 Å². The van der Waals surface area contributed by atoms with Crippen molar-refractivity contribution in [3.63, 3.8) is 0 Å². The van der Waals surface area contributed by atoms with Gasteiger partial charge in [0.15, 0.2) is 6.61 Å². The Balaban J connectivity index is 1.55. The van der Waals surface area contributed by atoms with Crippen LogP contribution in [0.5, 0.6) is 5.75 Å². The summed E-state index contributed by atoms with van der Waals surface area (Å²) in [7, 11) is 0. The molecule has 0 saturated heterocycles. The van der Waals surface area contributed by atoms with Gasteiger partial charge in [0.05, 0.1) is 0 Å². The monoisotopic (exact) mass is 372 g/mol.